The number of likely N-dealkylation sites (tertiary alicyclic amines) is 1. The first-order valence-electron chi connectivity index (χ1n) is 6.05. The van der Waals surface area contributed by atoms with Gasteiger partial charge in [0.2, 0.25) is 0 Å². The molecule has 0 aliphatic carbocycles. The van der Waals surface area contributed by atoms with Crippen LogP contribution in [-0.2, 0) is 6.42 Å². The van der Waals surface area contributed by atoms with E-state index in [1.807, 2.05) is 0 Å². The Balaban J connectivity index is 2.05. The molecule has 1 atom stereocenters. The molecule has 0 bridgehead atoms. The number of likely N-dealkylation sites (N-methyl/N-ethyl adjacent to an activating group) is 1. The van der Waals surface area contributed by atoms with E-state index >= 15 is 0 Å². The summed E-state index contributed by atoms with van der Waals surface area (Å²) in [7, 11) is 4.76. The van der Waals surface area contributed by atoms with Crippen molar-refractivity contribution in [1.29, 1.82) is 0 Å². The molecule has 0 radical (unpaired) electrons. The number of hydrogen-bond acceptors (Lipinski definition) is 0. The molecule has 1 fully saturated rings. The summed E-state index contributed by atoms with van der Waals surface area (Å²) in [6.07, 6.45) is 5.45. The number of quaternary nitrogens is 1. The number of piperidine rings is 1. The fraction of sp³-hybridized carbons (Fsp3) is 0.571. The summed E-state index contributed by atoms with van der Waals surface area (Å²) in [5, 5.41) is 0. The Labute approximate surface area is 93.3 Å². The summed E-state index contributed by atoms with van der Waals surface area (Å²) in [4.78, 5) is 0. The minimum atomic E-state index is 0.821. The molecule has 1 aromatic rings. The summed E-state index contributed by atoms with van der Waals surface area (Å²) in [5.74, 6) is 0. The van der Waals surface area contributed by atoms with Crippen LogP contribution in [0.5, 0.6) is 0 Å². The Kier molecular flexibility index (Phi) is 3.11. The molecule has 0 N–H and O–H groups in total. The van der Waals surface area contributed by atoms with E-state index < -0.39 is 0 Å². The van der Waals surface area contributed by atoms with E-state index in [0.717, 1.165) is 6.04 Å². The average Bonchev–Trinajstić information content (AvgIpc) is 2.23. The number of rotatable bonds is 2. The van der Waals surface area contributed by atoms with Crippen LogP contribution in [0, 0.1) is 0 Å². The van der Waals surface area contributed by atoms with Crippen LogP contribution in [0.15, 0.2) is 30.3 Å². The van der Waals surface area contributed by atoms with Crippen molar-refractivity contribution in [2.24, 2.45) is 0 Å². The van der Waals surface area contributed by atoms with E-state index in [9.17, 15) is 0 Å². The first-order valence-corrected chi connectivity index (χ1v) is 6.05. The molecule has 1 saturated heterocycles. The highest BCUT2D eigenvalue weighted by Gasteiger charge is 2.30. The molecular weight excluding hydrogens is 182 g/mol. The van der Waals surface area contributed by atoms with Crippen LogP contribution in [0.1, 0.15) is 24.8 Å². The Morgan fingerprint density at radius 1 is 1.13 bits per heavy atom. The topological polar surface area (TPSA) is 0 Å². The highest BCUT2D eigenvalue weighted by Crippen LogP contribution is 2.24. The zero-order chi connectivity index (χ0) is 10.7. The second-order valence-corrected chi connectivity index (χ2v) is 5.34. The van der Waals surface area contributed by atoms with E-state index in [4.69, 9.17) is 0 Å². The number of hydrogen-bond donors (Lipinski definition) is 0. The molecular formula is C14H22N+. The molecule has 1 aliphatic heterocycles. The lowest BCUT2D eigenvalue weighted by atomic mass is 9.94. The van der Waals surface area contributed by atoms with Crippen molar-refractivity contribution in [3.63, 3.8) is 0 Å². The maximum Gasteiger partial charge on any atom is 0.0927 e. The molecule has 1 unspecified atom stereocenters. The fourth-order valence-electron chi connectivity index (χ4n) is 2.67. The van der Waals surface area contributed by atoms with Crippen LogP contribution < -0.4 is 0 Å². The van der Waals surface area contributed by atoms with E-state index in [1.54, 1.807) is 0 Å². The van der Waals surface area contributed by atoms with E-state index in [0.29, 0.717) is 0 Å². The minimum Gasteiger partial charge on any atom is -0.326 e. The predicted molar refractivity (Wildman–Crippen MR) is 64.8 cm³/mol. The van der Waals surface area contributed by atoms with Crippen molar-refractivity contribution in [2.45, 2.75) is 31.7 Å². The van der Waals surface area contributed by atoms with Gasteiger partial charge in [0.05, 0.1) is 26.7 Å². The molecule has 0 spiro atoms. The maximum absolute atomic E-state index is 2.38. The Bertz CT molecular complexity index is 302. The maximum atomic E-state index is 2.38. The lowest BCUT2D eigenvalue weighted by molar-refractivity contribution is -0.919. The van der Waals surface area contributed by atoms with Gasteiger partial charge in [-0.15, -0.1) is 0 Å². The standard InChI is InChI=1S/C14H22N/c1-15(2)11-7-6-10-14(15)12-13-8-4-3-5-9-13/h3-5,8-9,14H,6-7,10-12H2,1-2H3/q+1. The first-order chi connectivity index (χ1) is 7.18. The third kappa shape index (κ3) is 2.60. The third-order valence-corrected chi connectivity index (χ3v) is 3.82. The smallest absolute Gasteiger partial charge is 0.0927 e. The van der Waals surface area contributed by atoms with Crippen LogP contribution in [0.4, 0.5) is 0 Å². The average molecular weight is 204 g/mol. The van der Waals surface area contributed by atoms with Gasteiger partial charge in [0.1, 0.15) is 0 Å². The van der Waals surface area contributed by atoms with Crippen LogP contribution in [0.3, 0.4) is 0 Å². The summed E-state index contributed by atoms with van der Waals surface area (Å²) in [5.41, 5.74) is 1.50. The molecule has 1 nitrogen and oxygen atoms in total. The van der Waals surface area contributed by atoms with Crippen molar-refractivity contribution in [3.8, 4) is 0 Å². The Hall–Kier alpha value is -0.820. The molecule has 1 aromatic carbocycles. The van der Waals surface area contributed by atoms with Gasteiger partial charge in [-0.1, -0.05) is 30.3 Å². The van der Waals surface area contributed by atoms with Gasteiger partial charge in [0, 0.05) is 6.42 Å². The second kappa shape index (κ2) is 4.36. The lowest BCUT2D eigenvalue weighted by Crippen LogP contribution is -2.52. The number of nitrogens with zero attached hydrogens (tertiary/aromatic N) is 1. The van der Waals surface area contributed by atoms with Crippen LogP contribution in [-0.4, -0.2) is 31.2 Å². The van der Waals surface area contributed by atoms with Gasteiger partial charge in [0.15, 0.2) is 0 Å². The van der Waals surface area contributed by atoms with Gasteiger partial charge >= 0.3 is 0 Å². The van der Waals surface area contributed by atoms with Crippen LogP contribution in [0.2, 0.25) is 0 Å². The predicted octanol–water partition coefficient (Wildman–Crippen LogP) is 2.86. The SMILES string of the molecule is C[N+]1(C)CCCCC1Cc1ccccc1. The van der Waals surface area contributed by atoms with Crippen LogP contribution in [0.25, 0.3) is 0 Å². The molecule has 1 aliphatic rings. The van der Waals surface area contributed by atoms with E-state index in [2.05, 4.69) is 44.4 Å². The molecule has 82 valence electrons. The normalized spacial score (nSPS) is 25.1. The van der Waals surface area contributed by atoms with E-state index in [-0.39, 0.29) is 0 Å². The van der Waals surface area contributed by atoms with Crippen molar-refractivity contribution >= 4 is 0 Å². The lowest BCUT2D eigenvalue weighted by Gasteiger charge is -2.41. The molecule has 2 rings (SSSR count). The molecule has 1 heterocycles. The molecule has 1 heteroatoms. The Morgan fingerprint density at radius 2 is 1.87 bits per heavy atom. The van der Waals surface area contributed by atoms with Gasteiger partial charge < -0.3 is 4.48 Å². The monoisotopic (exact) mass is 204 g/mol. The molecule has 0 amide bonds. The largest absolute Gasteiger partial charge is 0.326 e. The minimum absolute atomic E-state index is 0.821. The van der Waals surface area contributed by atoms with Crippen molar-refractivity contribution in [2.75, 3.05) is 20.6 Å². The fourth-order valence-corrected chi connectivity index (χ4v) is 2.67. The molecule has 15 heavy (non-hydrogen) atoms. The summed E-state index contributed by atoms with van der Waals surface area (Å²) in [6, 6.07) is 11.7. The van der Waals surface area contributed by atoms with E-state index in [1.165, 1.54) is 42.3 Å². The number of benzene rings is 1. The highest BCUT2D eigenvalue weighted by atomic mass is 15.3. The summed E-state index contributed by atoms with van der Waals surface area (Å²) < 4.78 is 1.20. The van der Waals surface area contributed by atoms with Gasteiger partial charge in [-0.05, 0) is 24.8 Å². The van der Waals surface area contributed by atoms with Crippen molar-refractivity contribution in [1.82, 2.24) is 0 Å². The van der Waals surface area contributed by atoms with Crippen molar-refractivity contribution in [3.05, 3.63) is 35.9 Å². The zero-order valence-electron chi connectivity index (χ0n) is 9.95. The third-order valence-electron chi connectivity index (χ3n) is 3.82. The highest BCUT2D eigenvalue weighted by molar-refractivity contribution is 5.15. The first kappa shape index (κ1) is 10.7. The van der Waals surface area contributed by atoms with Gasteiger partial charge in [-0.3, -0.25) is 0 Å². The quantitative estimate of drug-likeness (QED) is 0.650. The summed E-state index contributed by atoms with van der Waals surface area (Å²) in [6.45, 7) is 1.34. The molecule has 0 saturated carbocycles. The molecule has 0 aromatic heterocycles. The van der Waals surface area contributed by atoms with Crippen LogP contribution >= 0.6 is 0 Å². The van der Waals surface area contributed by atoms with Crippen molar-refractivity contribution < 1.29 is 4.48 Å². The van der Waals surface area contributed by atoms with Gasteiger partial charge in [-0.25, -0.2) is 0 Å². The second-order valence-electron chi connectivity index (χ2n) is 5.34. The zero-order valence-corrected chi connectivity index (χ0v) is 9.95. The van der Waals surface area contributed by atoms with Gasteiger partial charge in [0.25, 0.3) is 0 Å². The Morgan fingerprint density at radius 3 is 2.53 bits per heavy atom. The van der Waals surface area contributed by atoms with Gasteiger partial charge in [-0.2, -0.15) is 0 Å². The summed E-state index contributed by atoms with van der Waals surface area (Å²) >= 11 is 0.